The molecule has 0 unspecified atom stereocenters. The lowest BCUT2D eigenvalue weighted by Crippen LogP contribution is -2.09. The van der Waals surface area contributed by atoms with Gasteiger partial charge in [-0.25, -0.2) is 0 Å². The fourth-order valence-corrected chi connectivity index (χ4v) is 2.14. The van der Waals surface area contributed by atoms with E-state index in [1.54, 1.807) is 23.9 Å². The third kappa shape index (κ3) is 1.70. The predicted octanol–water partition coefficient (Wildman–Crippen LogP) is 2.58. The fraction of sp³-hybridized carbons (Fsp3) is 0. The van der Waals surface area contributed by atoms with Gasteiger partial charge in [-0.2, -0.15) is 0 Å². The van der Waals surface area contributed by atoms with E-state index >= 15 is 0 Å². The van der Waals surface area contributed by atoms with Gasteiger partial charge in [0.05, 0.1) is 5.70 Å². The Morgan fingerprint density at radius 1 is 1.33 bits per heavy atom. The second kappa shape index (κ2) is 3.78. The first-order chi connectivity index (χ1) is 5.97. The zero-order valence-electron chi connectivity index (χ0n) is 6.31. The molecule has 0 atom stereocenters. The molecule has 0 aliphatic carbocycles. The molecule has 12 heavy (non-hydrogen) atoms. The molecule has 2 heterocycles. The van der Waals surface area contributed by atoms with Gasteiger partial charge in [-0.1, -0.05) is 6.08 Å². The first-order valence-corrected chi connectivity index (χ1v) is 5.26. The highest BCUT2D eigenvalue weighted by molar-refractivity contribution is 8.01. The van der Waals surface area contributed by atoms with Crippen LogP contribution >= 0.6 is 23.9 Å². The van der Waals surface area contributed by atoms with E-state index < -0.39 is 0 Å². The molecule has 0 aromatic heterocycles. The second-order valence-electron chi connectivity index (χ2n) is 2.21. The standard InChI is InChI=1S/C8H8N2S2/c1-2-6-12-10(5-1)8-3-4-9-11-7-8/h1-7,9H. The maximum atomic E-state index is 3.04. The molecular weight excluding hydrogens is 188 g/mol. The summed E-state index contributed by atoms with van der Waals surface area (Å²) in [5.41, 5.74) is 1.20. The van der Waals surface area contributed by atoms with E-state index in [-0.39, 0.29) is 0 Å². The molecule has 0 saturated carbocycles. The monoisotopic (exact) mass is 196 g/mol. The average Bonchev–Trinajstić information content (AvgIpc) is 2.21. The largest absolute Gasteiger partial charge is 0.333 e. The molecule has 0 amide bonds. The Bertz CT molecular complexity index is 279. The minimum atomic E-state index is 1.20. The zero-order valence-corrected chi connectivity index (χ0v) is 7.94. The summed E-state index contributed by atoms with van der Waals surface area (Å²) in [5, 5.41) is 4.14. The van der Waals surface area contributed by atoms with Gasteiger partial charge in [-0.15, -0.1) is 0 Å². The number of hydrogen-bond acceptors (Lipinski definition) is 4. The summed E-state index contributed by atoms with van der Waals surface area (Å²) in [4.78, 5) is 0. The highest BCUT2D eigenvalue weighted by Gasteiger charge is 2.06. The molecule has 2 aliphatic rings. The Morgan fingerprint density at radius 2 is 2.33 bits per heavy atom. The molecule has 1 N–H and O–H groups in total. The van der Waals surface area contributed by atoms with E-state index in [1.807, 2.05) is 30.6 Å². The molecule has 2 aliphatic heterocycles. The van der Waals surface area contributed by atoms with Crippen LogP contribution in [0.4, 0.5) is 0 Å². The van der Waals surface area contributed by atoms with Gasteiger partial charge in [-0.05, 0) is 41.5 Å². The molecule has 62 valence electrons. The Balaban J connectivity index is 2.09. The van der Waals surface area contributed by atoms with Gasteiger partial charge in [-0.3, -0.25) is 4.31 Å². The van der Waals surface area contributed by atoms with Crippen LogP contribution in [0.25, 0.3) is 0 Å². The van der Waals surface area contributed by atoms with Crippen LogP contribution in [0.1, 0.15) is 0 Å². The molecule has 0 aromatic rings. The summed E-state index contributed by atoms with van der Waals surface area (Å²) in [5.74, 6) is 0. The van der Waals surface area contributed by atoms with Gasteiger partial charge in [0.15, 0.2) is 0 Å². The first-order valence-electron chi connectivity index (χ1n) is 3.54. The van der Waals surface area contributed by atoms with Crippen molar-refractivity contribution in [3.05, 3.63) is 47.1 Å². The van der Waals surface area contributed by atoms with Crippen LogP contribution in [-0.2, 0) is 0 Å². The third-order valence-electron chi connectivity index (χ3n) is 1.41. The molecule has 0 spiro atoms. The normalized spacial score (nSPS) is 20.7. The molecule has 4 heteroatoms. The lowest BCUT2D eigenvalue weighted by Gasteiger charge is -2.21. The van der Waals surface area contributed by atoms with Gasteiger partial charge >= 0.3 is 0 Å². The van der Waals surface area contributed by atoms with E-state index in [2.05, 4.69) is 19.8 Å². The summed E-state index contributed by atoms with van der Waals surface area (Å²) in [6.07, 6.45) is 10.1. The lowest BCUT2D eigenvalue weighted by molar-refractivity contribution is 0.802. The Kier molecular flexibility index (Phi) is 2.48. The second-order valence-corrected chi connectivity index (χ2v) is 3.80. The fourth-order valence-electron chi connectivity index (χ4n) is 0.874. The number of hydrogen-bond donors (Lipinski definition) is 1. The Labute approximate surface area is 80.4 Å². The summed E-state index contributed by atoms with van der Waals surface area (Å²) >= 11 is 3.26. The number of rotatable bonds is 1. The molecule has 0 aromatic carbocycles. The molecule has 2 rings (SSSR count). The molecule has 0 fully saturated rings. The van der Waals surface area contributed by atoms with Crippen LogP contribution in [0, 0.1) is 0 Å². The van der Waals surface area contributed by atoms with Gasteiger partial charge in [0.1, 0.15) is 0 Å². The van der Waals surface area contributed by atoms with Crippen molar-refractivity contribution < 1.29 is 0 Å². The number of nitrogens with one attached hydrogen (secondary N) is 1. The predicted molar refractivity (Wildman–Crippen MR) is 55.7 cm³/mol. The third-order valence-corrected chi connectivity index (χ3v) is 2.88. The quantitative estimate of drug-likeness (QED) is 0.648. The van der Waals surface area contributed by atoms with Crippen molar-refractivity contribution >= 4 is 23.9 Å². The molecular formula is C8H8N2S2. The van der Waals surface area contributed by atoms with Crippen molar-refractivity contribution in [1.29, 1.82) is 0 Å². The Hall–Kier alpha value is -0.740. The Morgan fingerprint density at radius 3 is 3.00 bits per heavy atom. The van der Waals surface area contributed by atoms with Gasteiger partial charge in [0, 0.05) is 17.8 Å². The molecule has 0 bridgehead atoms. The van der Waals surface area contributed by atoms with Gasteiger partial charge < -0.3 is 4.72 Å². The van der Waals surface area contributed by atoms with Crippen LogP contribution in [0.2, 0.25) is 0 Å². The maximum absolute atomic E-state index is 3.04. The first kappa shape index (κ1) is 7.89. The minimum absolute atomic E-state index is 1.20. The summed E-state index contributed by atoms with van der Waals surface area (Å²) < 4.78 is 5.15. The average molecular weight is 196 g/mol. The number of allylic oxidation sites excluding steroid dienone is 3. The molecule has 2 nitrogen and oxygen atoms in total. The van der Waals surface area contributed by atoms with Crippen molar-refractivity contribution in [2.45, 2.75) is 0 Å². The lowest BCUT2D eigenvalue weighted by atomic mass is 10.4. The van der Waals surface area contributed by atoms with E-state index in [9.17, 15) is 0 Å². The minimum Gasteiger partial charge on any atom is -0.333 e. The SMILES string of the molecule is C1=CSN(C2=CSNC=C2)C=C1. The number of nitrogens with zero attached hydrogens (tertiary/aromatic N) is 1. The van der Waals surface area contributed by atoms with E-state index in [0.717, 1.165) is 0 Å². The van der Waals surface area contributed by atoms with E-state index in [4.69, 9.17) is 0 Å². The summed E-state index contributed by atoms with van der Waals surface area (Å²) in [6, 6.07) is 0. The van der Waals surface area contributed by atoms with Crippen molar-refractivity contribution in [1.82, 2.24) is 9.03 Å². The van der Waals surface area contributed by atoms with Crippen LogP contribution in [0.3, 0.4) is 0 Å². The van der Waals surface area contributed by atoms with Crippen LogP contribution in [0.5, 0.6) is 0 Å². The van der Waals surface area contributed by atoms with Crippen LogP contribution in [-0.4, -0.2) is 4.31 Å². The van der Waals surface area contributed by atoms with Crippen LogP contribution in [0.15, 0.2) is 47.1 Å². The van der Waals surface area contributed by atoms with Crippen molar-refractivity contribution in [3.63, 3.8) is 0 Å². The maximum Gasteiger partial charge on any atom is 0.0616 e. The zero-order chi connectivity index (χ0) is 8.23. The van der Waals surface area contributed by atoms with Crippen LogP contribution < -0.4 is 4.72 Å². The molecule has 0 saturated heterocycles. The summed E-state index contributed by atoms with van der Waals surface area (Å²) in [7, 11) is 0. The molecule has 0 radical (unpaired) electrons. The van der Waals surface area contributed by atoms with Gasteiger partial charge in [0.2, 0.25) is 0 Å². The van der Waals surface area contributed by atoms with E-state index in [0.29, 0.717) is 0 Å². The van der Waals surface area contributed by atoms with Gasteiger partial charge in [0.25, 0.3) is 0 Å². The highest BCUT2D eigenvalue weighted by Crippen LogP contribution is 2.26. The van der Waals surface area contributed by atoms with Crippen molar-refractivity contribution in [3.8, 4) is 0 Å². The summed E-state index contributed by atoms with van der Waals surface area (Å²) in [6.45, 7) is 0. The smallest absolute Gasteiger partial charge is 0.0616 e. The highest BCUT2D eigenvalue weighted by atomic mass is 32.2. The topological polar surface area (TPSA) is 15.3 Å². The van der Waals surface area contributed by atoms with Crippen molar-refractivity contribution in [2.24, 2.45) is 0 Å². The van der Waals surface area contributed by atoms with Crippen molar-refractivity contribution in [2.75, 3.05) is 0 Å². The van der Waals surface area contributed by atoms with E-state index in [1.165, 1.54) is 5.70 Å².